The molecule has 2 aliphatic heterocycles. The summed E-state index contributed by atoms with van der Waals surface area (Å²) in [4.78, 5) is 45.0. The van der Waals surface area contributed by atoms with Gasteiger partial charge in [-0.2, -0.15) is 0 Å². The number of anilines is 2. The summed E-state index contributed by atoms with van der Waals surface area (Å²) in [5.41, 5.74) is 0.497. The SMILES string of the molecule is CNc1nc(NC2CCC(=O)NC2=O)ccc1CO[C@H]1C[C@H](N(CC2CCN(C(=O)OC(C)(C)C)CC2)C(C)C)C1. The van der Waals surface area contributed by atoms with E-state index in [2.05, 4.69) is 39.7 Å². The maximum absolute atomic E-state index is 12.4. The average molecular weight is 573 g/mol. The van der Waals surface area contributed by atoms with Gasteiger partial charge in [-0.15, -0.1) is 0 Å². The van der Waals surface area contributed by atoms with Crippen LogP contribution in [0.1, 0.15) is 78.7 Å². The van der Waals surface area contributed by atoms with Gasteiger partial charge in [-0.05, 0) is 84.8 Å². The van der Waals surface area contributed by atoms with Crippen LogP contribution in [0, 0.1) is 5.92 Å². The largest absolute Gasteiger partial charge is 0.444 e. The van der Waals surface area contributed by atoms with Gasteiger partial charge < -0.3 is 25.0 Å². The Morgan fingerprint density at radius 2 is 1.88 bits per heavy atom. The smallest absolute Gasteiger partial charge is 0.410 e. The summed E-state index contributed by atoms with van der Waals surface area (Å²) >= 11 is 0. The first-order valence-corrected chi connectivity index (χ1v) is 15.0. The fourth-order valence-electron chi connectivity index (χ4n) is 5.77. The number of nitrogens with one attached hydrogen (secondary N) is 3. The summed E-state index contributed by atoms with van der Waals surface area (Å²) in [6.45, 7) is 13.3. The van der Waals surface area contributed by atoms with Crippen molar-refractivity contribution in [2.45, 2.75) is 110 Å². The molecule has 1 atom stereocenters. The van der Waals surface area contributed by atoms with E-state index in [1.807, 2.05) is 44.9 Å². The standard InChI is InChI=1S/C30H48N6O5/c1-19(2)36(17-20-11-13-35(14-12-20)29(39)41-30(3,4)5)22-15-23(16-22)40-18-21-7-9-25(33-27(21)31-6)32-24-8-10-26(37)34-28(24)38/h7,9,19-20,22-24H,8,10-18H2,1-6H3,(H2,31,32,33)(H,34,37,38)/t22-,23-,24?. The van der Waals surface area contributed by atoms with Crippen molar-refractivity contribution in [1.29, 1.82) is 0 Å². The van der Waals surface area contributed by atoms with Crippen molar-refractivity contribution >= 4 is 29.5 Å². The number of pyridine rings is 1. The minimum Gasteiger partial charge on any atom is -0.444 e. The van der Waals surface area contributed by atoms with Crippen molar-refractivity contribution in [3.63, 3.8) is 0 Å². The molecule has 1 unspecified atom stereocenters. The van der Waals surface area contributed by atoms with Gasteiger partial charge in [0.25, 0.3) is 0 Å². The first-order chi connectivity index (χ1) is 19.4. The molecule has 0 aromatic carbocycles. The van der Waals surface area contributed by atoms with Gasteiger partial charge in [0.15, 0.2) is 0 Å². The lowest BCUT2D eigenvalue weighted by Crippen LogP contribution is -2.53. The van der Waals surface area contributed by atoms with Crippen molar-refractivity contribution < 1.29 is 23.9 Å². The molecule has 3 fully saturated rings. The van der Waals surface area contributed by atoms with Crippen LogP contribution in [0.3, 0.4) is 0 Å². The van der Waals surface area contributed by atoms with Crippen molar-refractivity contribution in [3.8, 4) is 0 Å². The van der Waals surface area contributed by atoms with Crippen molar-refractivity contribution in [1.82, 2.24) is 20.1 Å². The maximum atomic E-state index is 12.4. The third-order valence-electron chi connectivity index (χ3n) is 8.19. The van der Waals surface area contributed by atoms with E-state index >= 15 is 0 Å². The van der Waals surface area contributed by atoms with Crippen LogP contribution in [-0.4, -0.2) is 89.2 Å². The zero-order chi connectivity index (χ0) is 29.7. The minimum atomic E-state index is -0.472. The van der Waals surface area contributed by atoms with E-state index in [9.17, 15) is 14.4 Å². The van der Waals surface area contributed by atoms with E-state index < -0.39 is 11.6 Å². The predicted molar refractivity (Wildman–Crippen MR) is 158 cm³/mol. The lowest BCUT2D eigenvalue weighted by Gasteiger charge is -2.46. The van der Waals surface area contributed by atoms with Crippen molar-refractivity contribution in [2.75, 3.05) is 37.3 Å². The fourth-order valence-corrected chi connectivity index (χ4v) is 5.77. The Kier molecular flexibility index (Phi) is 10.1. The molecule has 3 heterocycles. The second-order valence-corrected chi connectivity index (χ2v) is 12.9. The maximum Gasteiger partial charge on any atom is 0.410 e. The summed E-state index contributed by atoms with van der Waals surface area (Å²) in [6.07, 6.45) is 4.80. The monoisotopic (exact) mass is 572 g/mol. The molecule has 0 spiro atoms. The summed E-state index contributed by atoms with van der Waals surface area (Å²) < 4.78 is 11.8. The quantitative estimate of drug-likeness (QED) is 0.360. The van der Waals surface area contributed by atoms with E-state index in [0.29, 0.717) is 49.1 Å². The van der Waals surface area contributed by atoms with Crippen LogP contribution in [-0.2, 0) is 25.7 Å². The molecule has 1 aliphatic carbocycles. The highest BCUT2D eigenvalue weighted by Gasteiger charge is 2.37. The molecule has 1 saturated carbocycles. The van der Waals surface area contributed by atoms with Gasteiger partial charge in [0, 0.05) is 50.7 Å². The van der Waals surface area contributed by atoms with Crippen LogP contribution in [0.25, 0.3) is 0 Å². The van der Waals surface area contributed by atoms with Gasteiger partial charge in [0.05, 0.1) is 12.7 Å². The Morgan fingerprint density at radius 3 is 2.49 bits per heavy atom. The highest BCUT2D eigenvalue weighted by Crippen LogP contribution is 2.33. The molecule has 3 N–H and O–H groups in total. The Labute approximate surface area is 244 Å². The molecular formula is C30H48N6O5. The Hall–Kier alpha value is -2.92. The number of carbonyl (C=O) groups excluding carboxylic acids is 3. The van der Waals surface area contributed by atoms with E-state index in [1.54, 1.807) is 0 Å². The highest BCUT2D eigenvalue weighted by molar-refractivity contribution is 6.01. The molecule has 3 aliphatic rings. The molecule has 11 nitrogen and oxygen atoms in total. The highest BCUT2D eigenvalue weighted by atomic mass is 16.6. The second kappa shape index (κ2) is 13.4. The lowest BCUT2D eigenvalue weighted by atomic mass is 9.85. The zero-order valence-electron chi connectivity index (χ0n) is 25.5. The number of piperidine rings is 2. The van der Waals surface area contributed by atoms with Gasteiger partial charge in [-0.25, -0.2) is 9.78 Å². The van der Waals surface area contributed by atoms with Crippen molar-refractivity contribution in [3.05, 3.63) is 17.7 Å². The average Bonchev–Trinajstić information content (AvgIpc) is 2.88. The van der Waals surface area contributed by atoms with Gasteiger partial charge in [-0.3, -0.25) is 19.8 Å². The molecule has 1 aromatic heterocycles. The van der Waals surface area contributed by atoms with Crippen LogP contribution in [0.4, 0.5) is 16.4 Å². The minimum absolute atomic E-state index is 0.201. The molecule has 3 amide bonds. The number of hydrogen-bond acceptors (Lipinski definition) is 9. The zero-order valence-corrected chi connectivity index (χ0v) is 25.5. The number of ether oxygens (including phenoxy) is 2. The molecule has 41 heavy (non-hydrogen) atoms. The van der Waals surface area contributed by atoms with E-state index in [4.69, 9.17) is 9.47 Å². The van der Waals surface area contributed by atoms with Gasteiger partial charge >= 0.3 is 6.09 Å². The topological polar surface area (TPSA) is 125 Å². The van der Waals surface area contributed by atoms with Crippen LogP contribution in [0.2, 0.25) is 0 Å². The second-order valence-electron chi connectivity index (χ2n) is 12.9. The van der Waals surface area contributed by atoms with Crippen LogP contribution >= 0.6 is 0 Å². The van der Waals surface area contributed by atoms with E-state index in [0.717, 1.165) is 50.9 Å². The van der Waals surface area contributed by atoms with E-state index in [-0.39, 0.29) is 24.0 Å². The van der Waals surface area contributed by atoms with Crippen LogP contribution in [0.5, 0.6) is 0 Å². The first-order valence-electron chi connectivity index (χ1n) is 15.0. The molecule has 4 rings (SSSR count). The Morgan fingerprint density at radius 1 is 1.17 bits per heavy atom. The fraction of sp³-hybridized carbons (Fsp3) is 0.733. The third-order valence-corrected chi connectivity index (χ3v) is 8.19. The molecular weight excluding hydrogens is 524 g/mol. The lowest BCUT2D eigenvalue weighted by molar-refractivity contribution is -0.133. The molecule has 0 bridgehead atoms. The summed E-state index contributed by atoms with van der Waals surface area (Å²) in [5, 5.41) is 8.63. The third kappa shape index (κ3) is 8.54. The number of imide groups is 1. The molecule has 11 heteroatoms. The first kappa shape index (κ1) is 31.0. The number of aromatic nitrogens is 1. The van der Waals surface area contributed by atoms with Crippen molar-refractivity contribution in [2.24, 2.45) is 5.92 Å². The predicted octanol–water partition coefficient (Wildman–Crippen LogP) is 3.75. The van der Waals surface area contributed by atoms with E-state index in [1.165, 1.54) is 0 Å². The summed E-state index contributed by atoms with van der Waals surface area (Å²) in [6, 6.07) is 4.30. The van der Waals surface area contributed by atoms with Gasteiger partial charge in [-0.1, -0.05) is 0 Å². The van der Waals surface area contributed by atoms with Crippen LogP contribution < -0.4 is 16.0 Å². The Balaban J connectivity index is 1.21. The number of hydrogen-bond donors (Lipinski definition) is 3. The van der Waals surface area contributed by atoms with Gasteiger partial charge in [0.2, 0.25) is 11.8 Å². The normalized spacial score (nSPS) is 23.8. The van der Waals surface area contributed by atoms with Crippen LogP contribution in [0.15, 0.2) is 12.1 Å². The molecule has 1 aromatic rings. The number of amides is 3. The Bertz CT molecular complexity index is 1080. The number of nitrogens with zero attached hydrogens (tertiary/aromatic N) is 3. The summed E-state index contributed by atoms with van der Waals surface area (Å²) in [5.74, 6) is 1.32. The number of likely N-dealkylation sites (tertiary alicyclic amines) is 1. The molecule has 228 valence electrons. The molecule has 2 saturated heterocycles. The summed E-state index contributed by atoms with van der Waals surface area (Å²) in [7, 11) is 1.82. The molecule has 0 radical (unpaired) electrons. The number of rotatable bonds is 10. The van der Waals surface area contributed by atoms with Gasteiger partial charge in [0.1, 0.15) is 23.3 Å². The number of carbonyl (C=O) groups is 3.